The maximum Gasteiger partial charge on any atom is 0.333 e. The van der Waals surface area contributed by atoms with E-state index >= 15 is 0 Å². The molecule has 3 rings (SSSR count). The van der Waals surface area contributed by atoms with Crippen LogP contribution in [-0.2, 0) is 9.59 Å². The molecule has 2 atom stereocenters. The standard InChI is InChI=1S/C20H14Cl4F2N2O3/c21-12-3-1-10(5-14(12)23)16(25)8-27-18(29)7-19(30)28(20(27)31)9-17(26)11-2-4-13(22)15(24)6-11/h1-6,16-17H,7-9H2. The topological polar surface area (TPSA) is 57.7 Å². The van der Waals surface area contributed by atoms with Gasteiger partial charge < -0.3 is 0 Å². The number of barbiturate groups is 1. The molecule has 0 aliphatic carbocycles. The fraction of sp³-hybridized carbons (Fsp3) is 0.250. The summed E-state index contributed by atoms with van der Waals surface area (Å²) < 4.78 is 29.5. The molecule has 2 unspecified atom stereocenters. The van der Waals surface area contributed by atoms with Crippen LogP contribution in [0.5, 0.6) is 0 Å². The molecule has 0 aromatic heterocycles. The van der Waals surface area contributed by atoms with Gasteiger partial charge in [0.05, 0.1) is 33.2 Å². The summed E-state index contributed by atoms with van der Waals surface area (Å²) in [4.78, 5) is 38.3. The fourth-order valence-corrected chi connectivity index (χ4v) is 3.60. The van der Waals surface area contributed by atoms with E-state index in [9.17, 15) is 23.2 Å². The molecule has 0 radical (unpaired) electrons. The molecule has 11 heteroatoms. The van der Waals surface area contributed by atoms with Gasteiger partial charge in [0.1, 0.15) is 18.8 Å². The lowest BCUT2D eigenvalue weighted by Crippen LogP contribution is -2.56. The van der Waals surface area contributed by atoms with Gasteiger partial charge in [-0.25, -0.2) is 13.6 Å². The molecule has 1 aliphatic rings. The molecule has 0 N–H and O–H groups in total. The van der Waals surface area contributed by atoms with Gasteiger partial charge in [0, 0.05) is 0 Å². The van der Waals surface area contributed by atoms with Crippen LogP contribution in [-0.4, -0.2) is 40.7 Å². The highest BCUT2D eigenvalue weighted by Crippen LogP contribution is 2.31. The second-order valence-electron chi connectivity index (χ2n) is 6.75. The molecule has 0 saturated carbocycles. The van der Waals surface area contributed by atoms with Crippen molar-refractivity contribution >= 4 is 64.2 Å². The third-order valence-electron chi connectivity index (χ3n) is 4.66. The van der Waals surface area contributed by atoms with Gasteiger partial charge in [0.15, 0.2) is 0 Å². The van der Waals surface area contributed by atoms with Crippen molar-refractivity contribution < 1.29 is 23.2 Å². The Morgan fingerprint density at radius 2 is 1.10 bits per heavy atom. The number of hydrogen-bond acceptors (Lipinski definition) is 3. The lowest BCUT2D eigenvalue weighted by atomic mass is 10.1. The number of alkyl halides is 2. The van der Waals surface area contributed by atoms with Crippen molar-refractivity contribution in [1.82, 2.24) is 9.80 Å². The summed E-state index contributed by atoms with van der Waals surface area (Å²) in [6.45, 7) is -1.33. The van der Waals surface area contributed by atoms with Crippen LogP contribution in [0.2, 0.25) is 20.1 Å². The maximum absolute atomic E-state index is 14.8. The number of amides is 4. The molecule has 31 heavy (non-hydrogen) atoms. The number of urea groups is 1. The first-order chi connectivity index (χ1) is 14.6. The smallest absolute Gasteiger partial charge is 0.274 e. The van der Waals surface area contributed by atoms with Gasteiger partial charge in [0.2, 0.25) is 11.8 Å². The number of carbonyl (C=O) groups is 3. The van der Waals surface area contributed by atoms with Gasteiger partial charge in [-0.2, -0.15) is 0 Å². The highest BCUT2D eigenvalue weighted by molar-refractivity contribution is 6.42. The minimum Gasteiger partial charge on any atom is -0.274 e. The monoisotopic (exact) mass is 508 g/mol. The van der Waals surface area contributed by atoms with Gasteiger partial charge >= 0.3 is 6.03 Å². The summed E-state index contributed by atoms with van der Waals surface area (Å²) in [7, 11) is 0. The predicted octanol–water partition coefficient (Wildman–Crippen LogP) is 6.20. The molecule has 0 spiro atoms. The number of imide groups is 2. The van der Waals surface area contributed by atoms with E-state index in [1.807, 2.05) is 0 Å². The fourth-order valence-electron chi connectivity index (χ4n) is 2.98. The lowest BCUT2D eigenvalue weighted by Gasteiger charge is -2.34. The van der Waals surface area contributed by atoms with Crippen molar-refractivity contribution in [1.29, 1.82) is 0 Å². The summed E-state index contributed by atoms with van der Waals surface area (Å²) in [6.07, 6.45) is -4.25. The molecular weight excluding hydrogens is 496 g/mol. The average Bonchev–Trinajstić information content (AvgIpc) is 2.72. The molecule has 2 aromatic rings. The molecule has 0 bridgehead atoms. The van der Waals surface area contributed by atoms with E-state index in [1.54, 1.807) is 0 Å². The van der Waals surface area contributed by atoms with Crippen LogP contribution in [0.1, 0.15) is 29.9 Å². The zero-order valence-electron chi connectivity index (χ0n) is 15.6. The summed E-state index contributed by atoms with van der Waals surface area (Å²) in [5, 5.41) is 0.653. The number of nitrogens with zero attached hydrogens (tertiary/aromatic N) is 2. The maximum atomic E-state index is 14.8. The lowest BCUT2D eigenvalue weighted by molar-refractivity contribution is -0.143. The molecule has 5 nitrogen and oxygen atoms in total. The Bertz CT molecular complexity index is 974. The Morgan fingerprint density at radius 1 is 0.710 bits per heavy atom. The van der Waals surface area contributed by atoms with E-state index in [0.717, 1.165) is 0 Å². The summed E-state index contributed by atoms with van der Waals surface area (Å²) in [6, 6.07) is 6.94. The van der Waals surface area contributed by atoms with Crippen LogP contribution in [0.25, 0.3) is 0 Å². The van der Waals surface area contributed by atoms with Crippen molar-refractivity contribution in [2.24, 2.45) is 0 Å². The van der Waals surface area contributed by atoms with E-state index in [4.69, 9.17) is 46.4 Å². The van der Waals surface area contributed by atoms with Gasteiger partial charge in [-0.15, -0.1) is 0 Å². The van der Waals surface area contributed by atoms with Crippen LogP contribution >= 0.6 is 46.4 Å². The SMILES string of the molecule is O=C1CC(=O)N(CC(F)c2ccc(Cl)c(Cl)c2)C(=O)N1CC(F)c1ccc(Cl)c(Cl)c1. The van der Waals surface area contributed by atoms with Crippen molar-refractivity contribution in [2.75, 3.05) is 13.1 Å². The Morgan fingerprint density at radius 3 is 1.45 bits per heavy atom. The summed E-state index contributed by atoms with van der Waals surface area (Å²) >= 11 is 23.4. The Kier molecular flexibility index (Phi) is 7.42. The number of halogens is 6. The minimum atomic E-state index is -1.78. The third kappa shape index (κ3) is 5.29. The first-order valence-corrected chi connectivity index (χ1v) is 10.4. The van der Waals surface area contributed by atoms with Gasteiger partial charge in [-0.1, -0.05) is 58.5 Å². The molecular formula is C20H14Cl4F2N2O3. The number of rotatable bonds is 6. The van der Waals surface area contributed by atoms with E-state index in [0.29, 0.717) is 9.80 Å². The van der Waals surface area contributed by atoms with Crippen LogP contribution in [0.15, 0.2) is 36.4 Å². The first-order valence-electron chi connectivity index (χ1n) is 8.91. The normalized spacial score (nSPS) is 16.6. The Hall–Kier alpha value is -1.93. The second kappa shape index (κ2) is 9.69. The van der Waals surface area contributed by atoms with Crippen LogP contribution < -0.4 is 0 Å². The molecule has 2 aromatic carbocycles. The number of hydrogen-bond donors (Lipinski definition) is 0. The average molecular weight is 510 g/mol. The molecule has 1 saturated heterocycles. The zero-order valence-corrected chi connectivity index (χ0v) is 18.7. The first kappa shape index (κ1) is 23.7. The van der Waals surface area contributed by atoms with Crippen molar-refractivity contribution in [3.63, 3.8) is 0 Å². The van der Waals surface area contributed by atoms with Crippen molar-refractivity contribution in [3.05, 3.63) is 67.6 Å². The van der Waals surface area contributed by atoms with Gasteiger partial charge in [0.25, 0.3) is 0 Å². The molecule has 1 heterocycles. The molecule has 4 amide bonds. The highest BCUT2D eigenvalue weighted by Gasteiger charge is 2.40. The quantitative estimate of drug-likeness (QED) is 0.435. The number of carbonyl (C=O) groups excluding carboxylic acids is 3. The van der Waals surface area contributed by atoms with E-state index < -0.39 is 49.7 Å². The van der Waals surface area contributed by atoms with E-state index in [1.165, 1.54) is 36.4 Å². The van der Waals surface area contributed by atoms with E-state index in [2.05, 4.69) is 0 Å². The van der Waals surface area contributed by atoms with E-state index in [-0.39, 0.29) is 31.2 Å². The Balaban J connectivity index is 1.76. The van der Waals surface area contributed by atoms with Crippen LogP contribution in [0.3, 0.4) is 0 Å². The third-order valence-corrected chi connectivity index (χ3v) is 6.14. The van der Waals surface area contributed by atoms with Crippen LogP contribution in [0.4, 0.5) is 13.6 Å². The number of benzene rings is 2. The molecule has 1 fully saturated rings. The van der Waals surface area contributed by atoms with Gasteiger partial charge in [-0.3, -0.25) is 19.4 Å². The highest BCUT2D eigenvalue weighted by atomic mass is 35.5. The van der Waals surface area contributed by atoms with Crippen LogP contribution in [0, 0.1) is 0 Å². The summed E-state index contributed by atoms with van der Waals surface area (Å²) in [5.41, 5.74) is 0.190. The zero-order chi connectivity index (χ0) is 22.9. The van der Waals surface area contributed by atoms with Crippen molar-refractivity contribution in [2.45, 2.75) is 18.8 Å². The summed E-state index contributed by atoms with van der Waals surface area (Å²) in [5.74, 6) is -1.75. The Labute approximate surface area is 196 Å². The van der Waals surface area contributed by atoms with Crippen molar-refractivity contribution in [3.8, 4) is 0 Å². The largest absolute Gasteiger partial charge is 0.333 e. The second-order valence-corrected chi connectivity index (χ2v) is 8.38. The minimum absolute atomic E-state index is 0.0950. The predicted molar refractivity (Wildman–Crippen MR) is 114 cm³/mol. The molecule has 1 aliphatic heterocycles. The van der Waals surface area contributed by atoms with Gasteiger partial charge in [-0.05, 0) is 35.4 Å². The molecule has 164 valence electrons.